The number of nitrogens with zero attached hydrogens (tertiary/aromatic N) is 4. The van der Waals surface area contributed by atoms with Gasteiger partial charge in [0.15, 0.2) is 0 Å². The summed E-state index contributed by atoms with van der Waals surface area (Å²) in [6.07, 6.45) is 1.58. The molecule has 5 heteroatoms. The van der Waals surface area contributed by atoms with Gasteiger partial charge in [0.2, 0.25) is 0 Å². The van der Waals surface area contributed by atoms with Crippen LogP contribution in [0.1, 0.15) is 5.82 Å². The van der Waals surface area contributed by atoms with Crippen LogP contribution in [-0.2, 0) is 7.05 Å². The van der Waals surface area contributed by atoms with Crippen molar-refractivity contribution in [1.29, 1.82) is 0 Å². The normalized spacial score (nSPS) is 11.1. The fourth-order valence-electron chi connectivity index (χ4n) is 1.74. The number of imidazole rings is 1. The van der Waals surface area contributed by atoms with Crippen LogP contribution >= 0.6 is 11.5 Å². The maximum absolute atomic E-state index is 4.47. The summed E-state index contributed by atoms with van der Waals surface area (Å²) in [5.41, 5.74) is 3.25. The summed E-state index contributed by atoms with van der Waals surface area (Å²) in [6, 6.07) is 6.17. The average Bonchev–Trinajstić information content (AvgIpc) is 2.89. The third kappa shape index (κ3) is 1.32. The highest BCUT2D eigenvalue weighted by Crippen LogP contribution is 2.24. The molecule has 0 aliphatic rings. The van der Waals surface area contributed by atoms with Gasteiger partial charge in [-0.1, -0.05) is 0 Å². The molecular formula is C11H10N4S. The average molecular weight is 230 g/mol. The minimum atomic E-state index is 0.945. The maximum atomic E-state index is 4.47. The predicted octanol–water partition coefficient (Wildman–Crippen LogP) is 2.40. The van der Waals surface area contributed by atoms with Gasteiger partial charge in [-0.15, -0.1) is 0 Å². The molecule has 0 aliphatic carbocycles. The molecule has 0 atom stereocenters. The highest BCUT2D eigenvalue weighted by atomic mass is 32.1. The molecule has 80 valence electrons. The van der Waals surface area contributed by atoms with Crippen LogP contribution in [-0.4, -0.2) is 18.9 Å². The van der Waals surface area contributed by atoms with Gasteiger partial charge in [-0.3, -0.25) is 0 Å². The van der Waals surface area contributed by atoms with Crippen molar-refractivity contribution in [2.45, 2.75) is 6.92 Å². The predicted molar refractivity (Wildman–Crippen MR) is 64.4 cm³/mol. The fraction of sp³-hybridized carbons (Fsp3) is 0.182. The van der Waals surface area contributed by atoms with E-state index in [2.05, 4.69) is 25.0 Å². The molecule has 0 unspecified atom stereocenters. The van der Waals surface area contributed by atoms with Crippen molar-refractivity contribution in [3.8, 4) is 10.6 Å². The summed E-state index contributed by atoms with van der Waals surface area (Å²) < 4.78 is 6.10. The first-order valence-electron chi connectivity index (χ1n) is 4.96. The van der Waals surface area contributed by atoms with Gasteiger partial charge in [-0.05, 0) is 36.7 Å². The molecule has 4 nitrogen and oxygen atoms in total. The van der Waals surface area contributed by atoms with Crippen LogP contribution in [0.4, 0.5) is 0 Å². The second-order valence-corrected chi connectivity index (χ2v) is 4.45. The van der Waals surface area contributed by atoms with Gasteiger partial charge in [0, 0.05) is 12.6 Å². The molecule has 1 aromatic carbocycles. The highest BCUT2D eigenvalue weighted by molar-refractivity contribution is 7.09. The van der Waals surface area contributed by atoms with Crippen LogP contribution < -0.4 is 0 Å². The topological polar surface area (TPSA) is 43.6 Å². The fourth-order valence-corrected chi connectivity index (χ4v) is 2.26. The Morgan fingerprint density at radius 2 is 2.19 bits per heavy atom. The summed E-state index contributed by atoms with van der Waals surface area (Å²) >= 11 is 1.41. The van der Waals surface area contributed by atoms with Gasteiger partial charge in [-0.25, -0.2) is 9.97 Å². The molecule has 0 saturated heterocycles. The summed E-state index contributed by atoms with van der Waals surface area (Å²) in [7, 11) is 2.02. The summed E-state index contributed by atoms with van der Waals surface area (Å²) in [6.45, 7) is 2.00. The van der Waals surface area contributed by atoms with Crippen LogP contribution in [0.5, 0.6) is 0 Å². The van der Waals surface area contributed by atoms with Gasteiger partial charge < -0.3 is 4.57 Å². The molecule has 0 aliphatic heterocycles. The Labute approximate surface area is 96.8 Å². The third-order valence-electron chi connectivity index (χ3n) is 2.71. The minimum absolute atomic E-state index is 0.945. The van der Waals surface area contributed by atoms with E-state index in [1.165, 1.54) is 11.5 Å². The first kappa shape index (κ1) is 9.47. The van der Waals surface area contributed by atoms with Crippen LogP contribution in [0, 0.1) is 6.92 Å². The van der Waals surface area contributed by atoms with Crippen LogP contribution in [0.25, 0.3) is 21.6 Å². The van der Waals surface area contributed by atoms with Crippen LogP contribution in [0.3, 0.4) is 0 Å². The Kier molecular flexibility index (Phi) is 2.00. The number of hydrogen-bond acceptors (Lipinski definition) is 4. The molecule has 0 fully saturated rings. The Bertz CT molecular complexity index is 639. The standard InChI is InChI=1S/C11H10N4S/c1-7-14-9-4-3-8(5-10(9)15(7)2)11-12-6-13-16-11/h3-6H,1-2H3. The first-order valence-corrected chi connectivity index (χ1v) is 5.73. The van der Waals surface area contributed by atoms with Crippen molar-refractivity contribution in [2.75, 3.05) is 0 Å². The van der Waals surface area contributed by atoms with E-state index in [-0.39, 0.29) is 0 Å². The van der Waals surface area contributed by atoms with E-state index in [9.17, 15) is 0 Å². The van der Waals surface area contributed by atoms with Crippen molar-refractivity contribution in [3.05, 3.63) is 30.4 Å². The molecule has 0 spiro atoms. The molecule has 0 amide bonds. The van der Waals surface area contributed by atoms with Gasteiger partial charge >= 0.3 is 0 Å². The van der Waals surface area contributed by atoms with E-state index in [1.807, 2.05) is 26.1 Å². The van der Waals surface area contributed by atoms with Gasteiger partial charge in [0.25, 0.3) is 0 Å². The quantitative estimate of drug-likeness (QED) is 0.644. The molecular weight excluding hydrogens is 220 g/mol. The van der Waals surface area contributed by atoms with E-state index in [0.29, 0.717) is 0 Å². The number of benzene rings is 1. The summed E-state index contributed by atoms with van der Waals surface area (Å²) in [5.74, 6) is 1.02. The van der Waals surface area contributed by atoms with Crippen molar-refractivity contribution in [2.24, 2.45) is 7.05 Å². The van der Waals surface area contributed by atoms with Gasteiger partial charge in [0.05, 0.1) is 11.0 Å². The molecule has 3 rings (SSSR count). The second-order valence-electron chi connectivity index (χ2n) is 3.67. The Hall–Kier alpha value is -1.75. The molecule has 0 N–H and O–H groups in total. The van der Waals surface area contributed by atoms with Crippen molar-refractivity contribution < 1.29 is 0 Å². The lowest BCUT2D eigenvalue weighted by atomic mass is 10.2. The number of rotatable bonds is 1. The lowest BCUT2D eigenvalue weighted by Gasteiger charge is -1.98. The van der Waals surface area contributed by atoms with E-state index < -0.39 is 0 Å². The summed E-state index contributed by atoms with van der Waals surface area (Å²) in [5, 5.41) is 0.945. The van der Waals surface area contributed by atoms with Crippen LogP contribution in [0.2, 0.25) is 0 Å². The largest absolute Gasteiger partial charge is 0.331 e. The molecule has 2 aromatic heterocycles. The van der Waals surface area contributed by atoms with E-state index in [4.69, 9.17) is 0 Å². The van der Waals surface area contributed by atoms with E-state index in [1.54, 1.807) is 6.33 Å². The van der Waals surface area contributed by atoms with Crippen molar-refractivity contribution in [1.82, 2.24) is 18.9 Å². The molecule has 0 radical (unpaired) electrons. The first-order chi connectivity index (χ1) is 7.75. The molecule has 16 heavy (non-hydrogen) atoms. The van der Waals surface area contributed by atoms with Crippen molar-refractivity contribution >= 4 is 22.6 Å². The zero-order chi connectivity index (χ0) is 11.1. The van der Waals surface area contributed by atoms with Gasteiger partial charge in [0.1, 0.15) is 17.2 Å². The third-order valence-corrected chi connectivity index (χ3v) is 3.43. The minimum Gasteiger partial charge on any atom is -0.331 e. The monoisotopic (exact) mass is 230 g/mol. The van der Waals surface area contributed by atoms with E-state index in [0.717, 1.165) is 27.4 Å². The zero-order valence-electron chi connectivity index (χ0n) is 9.01. The Morgan fingerprint density at radius 3 is 2.94 bits per heavy atom. The van der Waals surface area contributed by atoms with Crippen molar-refractivity contribution in [3.63, 3.8) is 0 Å². The van der Waals surface area contributed by atoms with Crippen LogP contribution in [0.15, 0.2) is 24.5 Å². The summed E-state index contributed by atoms with van der Waals surface area (Å²) in [4.78, 5) is 8.67. The Morgan fingerprint density at radius 1 is 1.31 bits per heavy atom. The number of fused-ring (bicyclic) bond motifs is 1. The zero-order valence-corrected chi connectivity index (χ0v) is 9.82. The SMILES string of the molecule is Cc1nc2ccc(-c3ncns3)cc2n1C. The lowest BCUT2D eigenvalue weighted by molar-refractivity contribution is 0.886. The maximum Gasteiger partial charge on any atom is 0.143 e. The number of aryl methyl sites for hydroxylation is 2. The number of aromatic nitrogens is 4. The highest BCUT2D eigenvalue weighted by Gasteiger charge is 2.07. The van der Waals surface area contributed by atoms with E-state index >= 15 is 0 Å². The Balaban J connectivity index is 2.26. The smallest absolute Gasteiger partial charge is 0.143 e. The molecule has 0 bridgehead atoms. The van der Waals surface area contributed by atoms with Gasteiger partial charge in [-0.2, -0.15) is 4.37 Å². The number of hydrogen-bond donors (Lipinski definition) is 0. The lowest BCUT2D eigenvalue weighted by Crippen LogP contribution is -1.90. The molecule has 0 saturated carbocycles. The second kappa shape index (κ2) is 3.38. The molecule has 3 aromatic rings. The molecule has 2 heterocycles.